The number of benzene rings is 1. The number of carbonyl (C=O) groups is 1. The summed E-state index contributed by atoms with van der Waals surface area (Å²) in [5.41, 5.74) is 0.713. The molecule has 1 amide bonds. The van der Waals surface area contributed by atoms with E-state index in [0.29, 0.717) is 16.8 Å². The van der Waals surface area contributed by atoms with Gasteiger partial charge >= 0.3 is 6.09 Å². The number of nitrogens with one attached hydrogen (secondary N) is 1. The first-order valence-electron chi connectivity index (χ1n) is 11.1. The molecule has 0 aliphatic carbocycles. The summed E-state index contributed by atoms with van der Waals surface area (Å²) in [5.74, 6) is -0.219. The molecule has 0 radical (unpaired) electrons. The highest BCUT2D eigenvalue weighted by Gasteiger charge is 2.29. The Morgan fingerprint density at radius 2 is 2.03 bits per heavy atom. The molecule has 0 spiro atoms. The topological polar surface area (TPSA) is 86.4 Å². The number of hydrogen-bond acceptors (Lipinski definition) is 6. The number of nitrogens with zero attached hydrogens (tertiary/aromatic N) is 2. The van der Waals surface area contributed by atoms with E-state index in [0.717, 1.165) is 10.4 Å². The lowest BCUT2D eigenvalue weighted by Gasteiger charge is -2.27. The van der Waals surface area contributed by atoms with Crippen LogP contribution in [-0.2, 0) is 11.3 Å². The molecule has 3 aromatic heterocycles. The van der Waals surface area contributed by atoms with Crippen molar-refractivity contribution in [3.63, 3.8) is 0 Å². The van der Waals surface area contributed by atoms with Crippen LogP contribution >= 0.6 is 11.3 Å². The van der Waals surface area contributed by atoms with Crippen LogP contribution in [0.4, 0.5) is 9.18 Å². The van der Waals surface area contributed by atoms with Crippen molar-refractivity contribution < 1.29 is 18.3 Å². The Kier molecular flexibility index (Phi) is 6.24. The van der Waals surface area contributed by atoms with Crippen LogP contribution in [0.3, 0.4) is 0 Å². The molecule has 0 bridgehead atoms. The summed E-state index contributed by atoms with van der Waals surface area (Å²) in [4.78, 5) is 32.1. The number of amides is 1. The van der Waals surface area contributed by atoms with Gasteiger partial charge in [-0.3, -0.25) is 9.36 Å². The fourth-order valence-corrected chi connectivity index (χ4v) is 4.66. The van der Waals surface area contributed by atoms with Gasteiger partial charge in [0.15, 0.2) is 0 Å². The average Bonchev–Trinajstić information content (AvgIpc) is 3.30. The molecule has 0 fully saturated rings. The summed E-state index contributed by atoms with van der Waals surface area (Å²) < 4.78 is 26.8. The lowest BCUT2D eigenvalue weighted by atomic mass is 10.0. The van der Waals surface area contributed by atoms with E-state index in [4.69, 9.17) is 14.1 Å². The van der Waals surface area contributed by atoms with Crippen LogP contribution in [0.25, 0.3) is 22.1 Å². The number of alkyl carbamates (subject to hydrolysis) is 1. The minimum Gasteiger partial charge on any atom is -0.448 e. The fourth-order valence-electron chi connectivity index (χ4n) is 3.80. The minimum atomic E-state index is -0.685. The van der Waals surface area contributed by atoms with Crippen molar-refractivity contribution in [1.82, 2.24) is 14.9 Å². The smallest absolute Gasteiger partial charge is 0.408 e. The van der Waals surface area contributed by atoms with Gasteiger partial charge in [-0.25, -0.2) is 14.2 Å². The van der Waals surface area contributed by atoms with Crippen LogP contribution in [-0.4, -0.2) is 21.2 Å². The Balaban J connectivity index is 1.92. The number of aryl methyl sites for hydroxylation is 1. The molecule has 3 heterocycles. The zero-order valence-electron chi connectivity index (χ0n) is 20.1. The number of thiophene rings is 1. The van der Waals surface area contributed by atoms with E-state index in [1.165, 1.54) is 34.1 Å². The number of aromatic nitrogens is 2. The van der Waals surface area contributed by atoms with Crippen molar-refractivity contribution >= 4 is 39.5 Å². The number of hydrogen-bond donors (Lipinski definition) is 1. The van der Waals surface area contributed by atoms with E-state index in [-0.39, 0.29) is 29.1 Å². The molecule has 1 N–H and O–H groups in total. The summed E-state index contributed by atoms with van der Waals surface area (Å²) >= 11 is 1.54. The maximum Gasteiger partial charge on any atom is 0.408 e. The Morgan fingerprint density at radius 1 is 1.29 bits per heavy atom. The monoisotopic (exact) mass is 485 g/mol. The second kappa shape index (κ2) is 8.87. The fraction of sp³-hybridized carbons (Fsp3) is 0.400. The number of ether oxygens (including phenoxy) is 1. The van der Waals surface area contributed by atoms with Gasteiger partial charge in [-0.05, 0) is 68.8 Å². The average molecular weight is 486 g/mol. The van der Waals surface area contributed by atoms with Crippen LogP contribution in [0.1, 0.15) is 56.9 Å². The first-order valence-corrected chi connectivity index (χ1v) is 12.0. The molecule has 180 valence electrons. The Morgan fingerprint density at radius 3 is 2.65 bits per heavy atom. The molecule has 1 atom stereocenters. The maximum atomic E-state index is 14.0. The van der Waals surface area contributed by atoms with Gasteiger partial charge < -0.3 is 14.5 Å². The zero-order chi connectivity index (χ0) is 24.8. The number of fused-ring (bicyclic) bond motifs is 3. The van der Waals surface area contributed by atoms with Crippen LogP contribution in [0.2, 0.25) is 0 Å². The lowest BCUT2D eigenvalue weighted by Crippen LogP contribution is -2.40. The molecule has 4 aromatic rings. The zero-order valence-corrected chi connectivity index (χ0v) is 20.9. The molecule has 34 heavy (non-hydrogen) atoms. The predicted octanol–water partition coefficient (Wildman–Crippen LogP) is 5.92. The summed E-state index contributed by atoms with van der Waals surface area (Å²) in [6.07, 6.45) is -0.609. The third-order valence-electron chi connectivity index (χ3n) is 5.28. The quantitative estimate of drug-likeness (QED) is 0.379. The standard InChI is InChI=1S/C25H28FN3O4S/c1-13(2)19(28-24(31)33-25(4,5)6)22-27-20-17-10-15(26)7-8-18(17)32-21(20)23(30)29(22)11-16-9-14(3)12-34-16/h7-10,12-13,19H,11H2,1-6H3,(H,28,31). The van der Waals surface area contributed by atoms with Gasteiger partial charge in [0.05, 0.1) is 12.6 Å². The molecule has 1 unspecified atom stereocenters. The van der Waals surface area contributed by atoms with Gasteiger partial charge in [0.1, 0.15) is 28.3 Å². The molecule has 0 aliphatic rings. The minimum absolute atomic E-state index is 0.0532. The number of rotatable bonds is 5. The highest BCUT2D eigenvalue weighted by Crippen LogP contribution is 2.29. The number of carbonyl (C=O) groups excluding carboxylic acids is 1. The molecule has 0 aliphatic heterocycles. The van der Waals surface area contributed by atoms with Crippen LogP contribution in [0.15, 0.2) is 38.9 Å². The molecule has 7 nitrogen and oxygen atoms in total. The van der Waals surface area contributed by atoms with E-state index >= 15 is 0 Å². The van der Waals surface area contributed by atoms with Gasteiger partial charge in [0.25, 0.3) is 5.56 Å². The van der Waals surface area contributed by atoms with Gasteiger partial charge in [-0.2, -0.15) is 0 Å². The molecule has 0 saturated heterocycles. The van der Waals surface area contributed by atoms with Crippen molar-refractivity contribution in [3.8, 4) is 0 Å². The van der Waals surface area contributed by atoms with Crippen LogP contribution in [0.5, 0.6) is 0 Å². The third kappa shape index (κ3) is 4.84. The first-order chi connectivity index (χ1) is 15.9. The molecule has 1 aromatic carbocycles. The second-order valence-electron chi connectivity index (χ2n) is 9.74. The number of furan rings is 1. The van der Waals surface area contributed by atoms with Gasteiger partial charge in [-0.1, -0.05) is 13.8 Å². The summed E-state index contributed by atoms with van der Waals surface area (Å²) in [6.45, 7) is 11.4. The van der Waals surface area contributed by atoms with E-state index < -0.39 is 23.6 Å². The second-order valence-corrected chi connectivity index (χ2v) is 10.7. The summed E-state index contributed by atoms with van der Waals surface area (Å²) in [5, 5.41) is 5.30. The van der Waals surface area contributed by atoms with Crippen molar-refractivity contribution in [2.24, 2.45) is 5.92 Å². The van der Waals surface area contributed by atoms with Crippen LogP contribution < -0.4 is 10.9 Å². The first kappa shape index (κ1) is 23.9. The van der Waals surface area contributed by atoms with E-state index in [1.807, 2.05) is 32.2 Å². The summed E-state index contributed by atoms with van der Waals surface area (Å²) in [6, 6.07) is 5.43. The van der Waals surface area contributed by atoms with Gasteiger partial charge in [-0.15, -0.1) is 11.3 Å². The number of halogens is 1. The van der Waals surface area contributed by atoms with Crippen LogP contribution in [0, 0.1) is 18.7 Å². The van der Waals surface area contributed by atoms with E-state index in [2.05, 4.69) is 5.32 Å². The molecule has 4 rings (SSSR count). The van der Waals surface area contributed by atoms with Gasteiger partial charge in [0, 0.05) is 10.3 Å². The Labute approximate surface area is 200 Å². The SMILES string of the molecule is Cc1csc(Cn2c(C(NC(=O)OC(C)(C)C)C(C)C)nc3c(oc4ccc(F)cc43)c2=O)c1. The molecular weight excluding hydrogens is 457 g/mol. The van der Waals surface area contributed by atoms with Crippen molar-refractivity contribution in [2.75, 3.05) is 0 Å². The highest BCUT2D eigenvalue weighted by molar-refractivity contribution is 7.10. The van der Waals surface area contributed by atoms with E-state index in [9.17, 15) is 14.0 Å². The Hall–Kier alpha value is -3.20. The van der Waals surface area contributed by atoms with Crippen molar-refractivity contribution in [3.05, 3.63) is 62.1 Å². The van der Waals surface area contributed by atoms with Crippen molar-refractivity contribution in [1.29, 1.82) is 0 Å². The Bertz CT molecular complexity index is 1430. The van der Waals surface area contributed by atoms with E-state index in [1.54, 1.807) is 20.8 Å². The highest BCUT2D eigenvalue weighted by atomic mass is 32.1. The normalized spacial score (nSPS) is 13.1. The van der Waals surface area contributed by atoms with Gasteiger partial charge in [0.2, 0.25) is 5.58 Å². The summed E-state index contributed by atoms with van der Waals surface area (Å²) in [7, 11) is 0. The maximum absolute atomic E-state index is 14.0. The third-order valence-corrected chi connectivity index (χ3v) is 6.32. The molecule has 0 saturated carbocycles. The molecular formula is C25H28FN3O4S. The largest absolute Gasteiger partial charge is 0.448 e. The lowest BCUT2D eigenvalue weighted by molar-refractivity contribution is 0.0485. The van der Waals surface area contributed by atoms with Crippen molar-refractivity contribution in [2.45, 2.75) is 59.7 Å². The predicted molar refractivity (Wildman–Crippen MR) is 131 cm³/mol. The molecule has 9 heteroatoms.